The number of H-pyrrole nitrogens is 1. The van der Waals surface area contributed by atoms with E-state index in [1.54, 1.807) is 12.4 Å². The number of pyridine rings is 1. The third-order valence-electron chi connectivity index (χ3n) is 6.68. The van der Waals surface area contributed by atoms with Gasteiger partial charge in [-0.05, 0) is 66.8 Å². The third-order valence-corrected chi connectivity index (χ3v) is 6.68. The number of piperidine rings is 1. The molecule has 2 atom stereocenters. The summed E-state index contributed by atoms with van der Waals surface area (Å²) in [5.41, 5.74) is 5.00. The second kappa shape index (κ2) is 10.6. The molecule has 1 aliphatic heterocycles. The smallest absolute Gasteiger partial charge is 0.245 e. The maximum Gasteiger partial charge on any atom is 0.245 e. The number of fused-ring (bicyclic) bond motifs is 1. The lowest BCUT2D eigenvalue weighted by Gasteiger charge is -2.34. The zero-order valence-electron chi connectivity index (χ0n) is 19.7. The van der Waals surface area contributed by atoms with Crippen molar-refractivity contribution < 1.29 is 9.90 Å². The van der Waals surface area contributed by atoms with E-state index in [0.29, 0.717) is 13.0 Å². The maximum absolute atomic E-state index is 13.7. The summed E-state index contributed by atoms with van der Waals surface area (Å²) >= 11 is 0. The number of nitrogens with one attached hydrogen (secondary N) is 3. The van der Waals surface area contributed by atoms with Crippen LogP contribution in [0.15, 0.2) is 79.3 Å². The largest absolute Gasteiger partial charge is 0.396 e. The highest BCUT2D eigenvalue weighted by Gasteiger charge is 2.29. The maximum atomic E-state index is 13.7. The number of aliphatic hydroxyl groups excluding tert-OH is 1. The summed E-state index contributed by atoms with van der Waals surface area (Å²) in [5, 5.41) is 17.6. The topological polar surface area (TPSA) is 93.3 Å². The molecule has 3 heterocycles. The lowest BCUT2D eigenvalue weighted by molar-refractivity contribution is -0.134. The van der Waals surface area contributed by atoms with Gasteiger partial charge in [0.15, 0.2) is 0 Å². The Morgan fingerprint density at radius 2 is 1.80 bits per heavy atom. The number of benzene rings is 2. The molecule has 4 aromatic rings. The number of aromatic amines is 1. The lowest BCUT2D eigenvalue weighted by atomic mass is 9.97. The Balaban J connectivity index is 1.36. The van der Waals surface area contributed by atoms with Crippen molar-refractivity contribution in [3.8, 4) is 0 Å². The van der Waals surface area contributed by atoms with Gasteiger partial charge in [-0.1, -0.05) is 18.2 Å². The first-order valence-corrected chi connectivity index (χ1v) is 12.2. The Bertz CT molecular complexity index is 1260. The quantitative estimate of drug-likeness (QED) is 0.304. The summed E-state index contributed by atoms with van der Waals surface area (Å²) in [6.45, 7) is 1.46. The predicted octanol–water partition coefficient (Wildman–Crippen LogP) is 4.56. The second-order valence-electron chi connectivity index (χ2n) is 9.17. The molecule has 7 nitrogen and oxygen atoms in total. The number of nitrogens with zero attached hydrogens (tertiary/aromatic N) is 2. The molecule has 5 rings (SSSR count). The van der Waals surface area contributed by atoms with Crippen molar-refractivity contribution in [3.63, 3.8) is 0 Å². The van der Waals surface area contributed by atoms with Gasteiger partial charge in [-0.25, -0.2) is 0 Å². The minimum absolute atomic E-state index is 0.0763. The van der Waals surface area contributed by atoms with Crippen molar-refractivity contribution in [2.45, 2.75) is 25.3 Å². The highest BCUT2D eigenvalue weighted by Crippen LogP contribution is 2.24. The average molecular weight is 470 g/mol. The highest BCUT2D eigenvalue weighted by atomic mass is 16.3. The van der Waals surface area contributed by atoms with E-state index < -0.39 is 6.04 Å². The number of hydrogen-bond acceptors (Lipinski definition) is 5. The number of carbonyl (C=O) groups is 1. The zero-order valence-corrected chi connectivity index (χ0v) is 19.7. The van der Waals surface area contributed by atoms with Crippen LogP contribution < -0.4 is 10.6 Å². The van der Waals surface area contributed by atoms with Crippen LogP contribution >= 0.6 is 0 Å². The first-order valence-electron chi connectivity index (χ1n) is 12.2. The number of carbonyl (C=O) groups excluding carboxylic acids is 1. The average Bonchev–Trinajstić information content (AvgIpc) is 3.32. The van der Waals surface area contributed by atoms with Crippen molar-refractivity contribution in [2.24, 2.45) is 5.92 Å². The van der Waals surface area contributed by atoms with E-state index in [9.17, 15) is 9.90 Å². The van der Waals surface area contributed by atoms with E-state index in [1.807, 2.05) is 65.7 Å². The van der Waals surface area contributed by atoms with Gasteiger partial charge >= 0.3 is 0 Å². The molecule has 2 unspecified atom stereocenters. The van der Waals surface area contributed by atoms with Crippen LogP contribution in [0.25, 0.3) is 10.9 Å². The van der Waals surface area contributed by atoms with Gasteiger partial charge in [-0.3, -0.25) is 9.78 Å². The zero-order chi connectivity index (χ0) is 24.0. The van der Waals surface area contributed by atoms with Gasteiger partial charge in [0, 0.05) is 72.7 Å². The van der Waals surface area contributed by atoms with Crippen molar-refractivity contribution in [2.75, 3.05) is 30.3 Å². The van der Waals surface area contributed by atoms with Crippen molar-refractivity contribution >= 4 is 33.9 Å². The molecule has 2 aromatic heterocycles. The Morgan fingerprint density at radius 1 is 1.06 bits per heavy atom. The van der Waals surface area contributed by atoms with Crippen molar-refractivity contribution in [1.82, 2.24) is 14.9 Å². The van der Waals surface area contributed by atoms with Gasteiger partial charge in [0.1, 0.15) is 6.04 Å². The van der Waals surface area contributed by atoms with E-state index in [2.05, 4.69) is 26.7 Å². The van der Waals surface area contributed by atoms with Crippen LogP contribution in [0, 0.1) is 5.92 Å². The molecular formula is C28H31N5O2. The summed E-state index contributed by atoms with van der Waals surface area (Å²) in [7, 11) is 0. The second-order valence-corrected chi connectivity index (χ2v) is 9.17. The fraction of sp³-hybridized carbons (Fsp3) is 0.286. The van der Waals surface area contributed by atoms with Gasteiger partial charge in [-0.15, -0.1) is 0 Å². The van der Waals surface area contributed by atoms with Crippen molar-refractivity contribution in [3.05, 3.63) is 84.8 Å². The number of amides is 1. The van der Waals surface area contributed by atoms with Gasteiger partial charge < -0.3 is 25.6 Å². The molecule has 1 aliphatic rings. The summed E-state index contributed by atoms with van der Waals surface area (Å²) in [6, 6.07) is 19.6. The third kappa shape index (κ3) is 5.46. The van der Waals surface area contributed by atoms with Crippen LogP contribution in [0.3, 0.4) is 0 Å². The molecule has 4 N–H and O–H groups in total. The number of likely N-dealkylation sites (tertiary alicyclic amines) is 1. The molecule has 0 radical (unpaired) electrons. The fourth-order valence-electron chi connectivity index (χ4n) is 4.81. The van der Waals surface area contributed by atoms with Crippen LogP contribution in [-0.2, 0) is 11.2 Å². The van der Waals surface area contributed by atoms with E-state index in [-0.39, 0.29) is 18.4 Å². The van der Waals surface area contributed by atoms with Gasteiger partial charge in [0.05, 0.1) is 0 Å². The number of aliphatic hydroxyl groups is 1. The first-order chi connectivity index (χ1) is 17.2. The van der Waals surface area contributed by atoms with E-state index >= 15 is 0 Å². The summed E-state index contributed by atoms with van der Waals surface area (Å²) < 4.78 is 0. The number of aromatic nitrogens is 2. The van der Waals surface area contributed by atoms with E-state index in [4.69, 9.17) is 0 Å². The van der Waals surface area contributed by atoms with Crippen LogP contribution in [0.5, 0.6) is 0 Å². The van der Waals surface area contributed by atoms with Gasteiger partial charge in [0.25, 0.3) is 0 Å². The monoisotopic (exact) mass is 469 g/mol. The molecule has 1 fully saturated rings. The number of rotatable bonds is 8. The number of hydrogen-bond donors (Lipinski definition) is 4. The molecule has 0 spiro atoms. The molecule has 0 bridgehead atoms. The summed E-state index contributed by atoms with van der Waals surface area (Å²) in [6.07, 6.45) is 7.96. The van der Waals surface area contributed by atoms with Crippen LogP contribution in [-0.4, -0.2) is 51.6 Å². The van der Waals surface area contributed by atoms with Gasteiger partial charge in [-0.2, -0.15) is 0 Å². The predicted molar refractivity (Wildman–Crippen MR) is 140 cm³/mol. The van der Waals surface area contributed by atoms with Crippen molar-refractivity contribution in [1.29, 1.82) is 0 Å². The number of anilines is 3. The normalized spacial score (nSPS) is 16.7. The molecule has 1 amide bonds. The highest BCUT2D eigenvalue weighted by molar-refractivity contribution is 5.88. The molecule has 180 valence electrons. The Labute approximate surface area is 205 Å². The number of para-hydroxylation sites is 1. The Kier molecular flexibility index (Phi) is 6.95. The van der Waals surface area contributed by atoms with Crippen LogP contribution in [0.1, 0.15) is 18.4 Å². The molecule has 0 aliphatic carbocycles. The molecule has 2 aromatic carbocycles. The van der Waals surface area contributed by atoms with Crippen LogP contribution in [0.2, 0.25) is 0 Å². The minimum atomic E-state index is -0.411. The van der Waals surface area contributed by atoms with Crippen LogP contribution in [0.4, 0.5) is 17.1 Å². The standard InChI is InChI=1S/C28H31N5O2/c34-19-20-4-3-15-33(18-20)28(35)27(16-21-17-30-26-6-2-1-5-25(21)26)32-23-9-7-22(8-10-23)31-24-11-13-29-14-12-24/h1-2,5-14,17,20,27,30,32,34H,3-4,15-16,18-19H2,(H,29,31). The minimum Gasteiger partial charge on any atom is -0.396 e. The molecular weight excluding hydrogens is 438 g/mol. The Morgan fingerprint density at radius 3 is 2.60 bits per heavy atom. The SMILES string of the molecule is O=C(C(Cc1c[nH]c2ccccc12)Nc1ccc(Nc2ccncc2)cc1)N1CCCC(CO)C1. The lowest BCUT2D eigenvalue weighted by Crippen LogP contribution is -2.48. The molecule has 35 heavy (non-hydrogen) atoms. The molecule has 0 saturated carbocycles. The van der Waals surface area contributed by atoms with Gasteiger partial charge in [0.2, 0.25) is 5.91 Å². The van der Waals surface area contributed by atoms with E-state index in [1.165, 1.54) is 0 Å². The molecule has 1 saturated heterocycles. The summed E-state index contributed by atoms with van der Waals surface area (Å²) in [5.74, 6) is 0.229. The summed E-state index contributed by atoms with van der Waals surface area (Å²) in [4.78, 5) is 23.0. The fourth-order valence-corrected chi connectivity index (χ4v) is 4.81. The Hall–Kier alpha value is -3.84. The molecule has 7 heteroatoms. The first kappa shape index (κ1) is 22.9. The van der Waals surface area contributed by atoms with E-state index in [0.717, 1.165) is 52.9 Å².